The summed E-state index contributed by atoms with van der Waals surface area (Å²) in [5.41, 5.74) is 10.7. The van der Waals surface area contributed by atoms with Crippen molar-refractivity contribution < 1.29 is 4.79 Å². The predicted molar refractivity (Wildman–Crippen MR) is 47.5 cm³/mol. The number of hydrogen-bond acceptors (Lipinski definition) is 3. The number of likely N-dealkylation sites (N-methyl/N-ethyl adjacent to an activating group) is 1. The van der Waals surface area contributed by atoms with Gasteiger partial charge in [-0.1, -0.05) is 0 Å². The maximum atomic E-state index is 10.7. The molecule has 1 amide bonds. The Morgan fingerprint density at radius 2 is 2.33 bits per heavy atom. The minimum Gasteiger partial charge on any atom is -0.370 e. The molecule has 4 N–H and O–H groups in total. The topological polar surface area (TPSA) is 72.3 Å². The monoisotopic (exact) mass is 171 g/mol. The van der Waals surface area contributed by atoms with Crippen LogP contribution in [0.2, 0.25) is 0 Å². The van der Waals surface area contributed by atoms with Crippen LogP contribution in [0.4, 0.5) is 0 Å². The zero-order valence-electron chi connectivity index (χ0n) is 7.55. The first-order chi connectivity index (χ1) is 5.52. The summed E-state index contributed by atoms with van der Waals surface area (Å²) in [6, 6.07) is 0. The van der Waals surface area contributed by atoms with Crippen LogP contribution < -0.4 is 11.5 Å². The van der Waals surface area contributed by atoms with E-state index in [0.29, 0.717) is 6.42 Å². The van der Waals surface area contributed by atoms with Crippen molar-refractivity contribution in [2.45, 2.75) is 24.8 Å². The van der Waals surface area contributed by atoms with Crippen molar-refractivity contribution in [2.24, 2.45) is 11.5 Å². The second kappa shape index (κ2) is 3.41. The van der Waals surface area contributed by atoms with E-state index in [0.717, 1.165) is 25.9 Å². The Morgan fingerprint density at radius 1 is 1.67 bits per heavy atom. The molecule has 0 aliphatic carbocycles. The summed E-state index contributed by atoms with van der Waals surface area (Å²) >= 11 is 0. The van der Waals surface area contributed by atoms with Crippen molar-refractivity contribution in [1.29, 1.82) is 0 Å². The molecule has 4 nitrogen and oxygen atoms in total. The second-order valence-corrected chi connectivity index (χ2v) is 3.85. The van der Waals surface area contributed by atoms with Gasteiger partial charge in [-0.15, -0.1) is 0 Å². The normalized spacial score (nSPS) is 31.8. The first-order valence-corrected chi connectivity index (χ1v) is 4.28. The number of carbonyl (C=O) groups is 1. The van der Waals surface area contributed by atoms with Gasteiger partial charge in [0.1, 0.15) is 0 Å². The molecular formula is C8H17N3O. The Morgan fingerprint density at radius 3 is 2.83 bits per heavy atom. The average Bonchev–Trinajstić information content (AvgIpc) is 1.82. The number of nitrogens with two attached hydrogens (primary N) is 2. The standard InChI is InChI=1S/C8H17N3O/c1-11-4-2-3-8(10,6-11)5-7(9)12/h2-6,10H2,1H3,(H2,9,12). The van der Waals surface area contributed by atoms with E-state index in [4.69, 9.17) is 11.5 Å². The van der Waals surface area contributed by atoms with Crippen LogP contribution >= 0.6 is 0 Å². The fraction of sp³-hybridized carbons (Fsp3) is 0.875. The van der Waals surface area contributed by atoms with Gasteiger partial charge in [-0.05, 0) is 26.4 Å². The van der Waals surface area contributed by atoms with Crippen molar-refractivity contribution in [3.8, 4) is 0 Å². The SMILES string of the molecule is CN1CCCC(N)(CC(N)=O)C1. The molecular weight excluding hydrogens is 154 g/mol. The Kier molecular flexibility index (Phi) is 2.69. The van der Waals surface area contributed by atoms with Crippen LogP contribution in [0.15, 0.2) is 0 Å². The lowest BCUT2D eigenvalue weighted by molar-refractivity contribution is -0.119. The lowest BCUT2D eigenvalue weighted by Crippen LogP contribution is -2.54. The third kappa shape index (κ3) is 2.46. The molecule has 0 radical (unpaired) electrons. The van der Waals surface area contributed by atoms with E-state index in [1.54, 1.807) is 0 Å². The first kappa shape index (κ1) is 9.48. The molecule has 1 fully saturated rings. The van der Waals surface area contributed by atoms with Gasteiger partial charge >= 0.3 is 0 Å². The molecule has 0 aromatic carbocycles. The molecule has 0 aromatic rings. The largest absolute Gasteiger partial charge is 0.370 e. The molecule has 4 heteroatoms. The molecule has 0 bridgehead atoms. The highest BCUT2D eigenvalue weighted by atomic mass is 16.1. The van der Waals surface area contributed by atoms with E-state index in [1.165, 1.54) is 0 Å². The number of primary amides is 1. The van der Waals surface area contributed by atoms with Gasteiger partial charge in [-0.3, -0.25) is 4.79 Å². The van der Waals surface area contributed by atoms with E-state index < -0.39 is 0 Å². The average molecular weight is 171 g/mol. The fourth-order valence-electron chi connectivity index (χ4n) is 1.89. The van der Waals surface area contributed by atoms with E-state index in [-0.39, 0.29) is 11.4 Å². The fourth-order valence-corrected chi connectivity index (χ4v) is 1.89. The molecule has 1 unspecified atom stereocenters. The minimum atomic E-state index is -0.376. The third-order valence-electron chi connectivity index (χ3n) is 2.33. The number of nitrogens with zero attached hydrogens (tertiary/aromatic N) is 1. The summed E-state index contributed by atoms with van der Waals surface area (Å²) in [5, 5.41) is 0. The maximum Gasteiger partial charge on any atom is 0.219 e. The predicted octanol–water partition coefficient (Wildman–Crippen LogP) is -0.715. The molecule has 1 atom stereocenters. The van der Waals surface area contributed by atoms with Gasteiger partial charge in [0.25, 0.3) is 0 Å². The Hall–Kier alpha value is -0.610. The van der Waals surface area contributed by atoms with Crippen molar-refractivity contribution in [3.05, 3.63) is 0 Å². The summed E-state index contributed by atoms with van der Waals surface area (Å²) < 4.78 is 0. The molecule has 0 saturated carbocycles. The van der Waals surface area contributed by atoms with Crippen LogP contribution in [0.1, 0.15) is 19.3 Å². The molecule has 0 spiro atoms. The van der Waals surface area contributed by atoms with Crippen LogP contribution in [0.25, 0.3) is 0 Å². The first-order valence-electron chi connectivity index (χ1n) is 4.28. The number of likely N-dealkylation sites (tertiary alicyclic amines) is 1. The molecule has 70 valence electrons. The zero-order valence-corrected chi connectivity index (χ0v) is 7.55. The van der Waals surface area contributed by atoms with E-state index >= 15 is 0 Å². The van der Waals surface area contributed by atoms with Crippen LogP contribution in [-0.4, -0.2) is 36.5 Å². The molecule has 1 rings (SSSR count). The molecule has 0 aromatic heterocycles. The zero-order chi connectivity index (χ0) is 9.19. The van der Waals surface area contributed by atoms with Gasteiger partial charge in [0.05, 0.1) is 0 Å². The van der Waals surface area contributed by atoms with Crippen molar-refractivity contribution in [2.75, 3.05) is 20.1 Å². The van der Waals surface area contributed by atoms with Crippen LogP contribution in [0.3, 0.4) is 0 Å². The third-order valence-corrected chi connectivity index (χ3v) is 2.33. The van der Waals surface area contributed by atoms with Gasteiger partial charge in [0.15, 0.2) is 0 Å². The van der Waals surface area contributed by atoms with Crippen molar-refractivity contribution >= 4 is 5.91 Å². The summed E-state index contributed by atoms with van der Waals surface area (Å²) in [6.07, 6.45) is 2.26. The van der Waals surface area contributed by atoms with Crippen molar-refractivity contribution in [3.63, 3.8) is 0 Å². The van der Waals surface area contributed by atoms with Gasteiger partial charge in [-0.2, -0.15) is 0 Å². The number of rotatable bonds is 2. The summed E-state index contributed by atoms with van der Waals surface area (Å²) in [7, 11) is 2.02. The molecule has 1 aliphatic rings. The maximum absolute atomic E-state index is 10.7. The second-order valence-electron chi connectivity index (χ2n) is 3.85. The highest BCUT2D eigenvalue weighted by Crippen LogP contribution is 2.20. The van der Waals surface area contributed by atoms with E-state index in [9.17, 15) is 4.79 Å². The lowest BCUT2D eigenvalue weighted by Gasteiger charge is -2.37. The number of carbonyl (C=O) groups excluding carboxylic acids is 1. The summed E-state index contributed by atoms with van der Waals surface area (Å²) in [6.45, 7) is 1.84. The van der Waals surface area contributed by atoms with Crippen LogP contribution in [0.5, 0.6) is 0 Å². The van der Waals surface area contributed by atoms with Crippen molar-refractivity contribution in [1.82, 2.24) is 4.90 Å². The smallest absolute Gasteiger partial charge is 0.219 e. The van der Waals surface area contributed by atoms with Gasteiger partial charge in [-0.25, -0.2) is 0 Å². The molecule has 1 heterocycles. The van der Waals surface area contributed by atoms with Crippen LogP contribution in [-0.2, 0) is 4.79 Å². The molecule has 1 saturated heterocycles. The minimum absolute atomic E-state index is 0.298. The summed E-state index contributed by atoms with van der Waals surface area (Å²) in [4.78, 5) is 12.8. The summed E-state index contributed by atoms with van der Waals surface area (Å²) in [5.74, 6) is -0.298. The Bertz CT molecular complexity index is 183. The molecule has 12 heavy (non-hydrogen) atoms. The number of piperidine rings is 1. The van der Waals surface area contributed by atoms with E-state index in [1.807, 2.05) is 7.05 Å². The lowest BCUT2D eigenvalue weighted by atomic mass is 9.87. The highest BCUT2D eigenvalue weighted by molar-refractivity contribution is 5.75. The van der Waals surface area contributed by atoms with Gasteiger partial charge < -0.3 is 16.4 Å². The Labute approximate surface area is 72.9 Å². The Balaban J connectivity index is 2.51. The van der Waals surface area contributed by atoms with Crippen LogP contribution in [0, 0.1) is 0 Å². The highest BCUT2D eigenvalue weighted by Gasteiger charge is 2.31. The molecule has 1 aliphatic heterocycles. The number of amides is 1. The van der Waals surface area contributed by atoms with Gasteiger partial charge in [0, 0.05) is 18.5 Å². The van der Waals surface area contributed by atoms with E-state index in [2.05, 4.69) is 4.90 Å². The number of hydrogen-bond donors (Lipinski definition) is 2. The quantitative estimate of drug-likeness (QED) is 0.576. The van der Waals surface area contributed by atoms with Gasteiger partial charge in [0.2, 0.25) is 5.91 Å².